The van der Waals surface area contributed by atoms with Crippen LogP contribution in [0.15, 0.2) is 24.3 Å². The predicted molar refractivity (Wildman–Crippen MR) is 297 cm³/mol. The van der Waals surface area contributed by atoms with Gasteiger partial charge in [-0.2, -0.15) is 0 Å². The number of esters is 2. The van der Waals surface area contributed by atoms with Crippen molar-refractivity contribution in [2.45, 2.75) is 309 Å². The molecule has 0 aliphatic heterocycles. The number of allylic oxidation sites excluding steroid dienone is 4. The van der Waals surface area contributed by atoms with Crippen LogP contribution in [0.3, 0.4) is 0 Å². The highest BCUT2D eigenvalue weighted by molar-refractivity contribution is 5.70. The van der Waals surface area contributed by atoms with Gasteiger partial charge in [-0.05, 0) is 44.9 Å². The quantitative estimate of drug-likeness (QED) is 0.0195. The van der Waals surface area contributed by atoms with Crippen LogP contribution in [0.25, 0.3) is 0 Å². The van der Waals surface area contributed by atoms with Crippen LogP contribution in [0.5, 0.6) is 0 Å². The van der Waals surface area contributed by atoms with Crippen molar-refractivity contribution < 1.29 is 42.9 Å². The number of likely N-dealkylation sites (N-methyl/N-ethyl adjacent to an activating group) is 1. The van der Waals surface area contributed by atoms with Crippen LogP contribution in [0, 0.1) is 0 Å². The summed E-state index contributed by atoms with van der Waals surface area (Å²) in [6, 6.07) is 0. The molecule has 0 spiro atoms. The number of carboxylic acids is 1. The molecule has 0 saturated heterocycles. The largest absolute Gasteiger partial charge is 0.545 e. The van der Waals surface area contributed by atoms with Crippen LogP contribution >= 0.6 is 0 Å². The lowest BCUT2D eigenvalue weighted by atomic mass is 10.0. The van der Waals surface area contributed by atoms with Crippen LogP contribution in [0.4, 0.5) is 0 Å². The molecule has 0 radical (unpaired) electrons. The Morgan fingerprint density at radius 3 is 1.13 bits per heavy atom. The number of hydrogen-bond acceptors (Lipinski definition) is 8. The summed E-state index contributed by atoms with van der Waals surface area (Å²) in [5.41, 5.74) is 0. The Kier molecular flexibility index (Phi) is 52.3. The second-order valence-electron chi connectivity index (χ2n) is 22.0. The van der Waals surface area contributed by atoms with E-state index in [4.69, 9.17) is 18.9 Å². The second-order valence-corrected chi connectivity index (χ2v) is 22.0. The average molecular weight is 1000 g/mol. The Bertz CT molecular complexity index is 1210. The van der Waals surface area contributed by atoms with Gasteiger partial charge in [-0.3, -0.25) is 9.59 Å². The Balaban J connectivity index is 4.08. The molecule has 2 unspecified atom stereocenters. The first-order chi connectivity index (χ1) is 34.6. The van der Waals surface area contributed by atoms with Crippen molar-refractivity contribution in [2.24, 2.45) is 0 Å². The minimum atomic E-state index is -1.62. The number of quaternary nitrogens is 1. The average Bonchev–Trinajstić information content (AvgIpc) is 3.34. The molecule has 9 heteroatoms. The summed E-state index contributed by atoms with van der Waals surface area (Å²) < 4.78 is 22.7. The van der Waals surface area contributed by atoms with Crippen molar-refractivity contribution in [1.82, 2.24) is 0 Å². The van der Waals surface area contributed by atoms with Gasteiger partial charge in [0.25, 0.3) is 0 Å². The van der Waals surface area contributed by atoms with Gasteiger partial charge in [-0.25, -0.2) is 0 Å². The molecule has 71 heavy (non-hydrogen) atoms. The zero-order chi connectivity index (χ0) is 52.0. The number of hydrogen-bond donors (Lipinski definition) is 0. The van der Waals surface area contributed by atoms with Crippen LogP contribution in [0.1, 0.15) is 296 Å². The fourth-order valence-electron chi connectivity index (χ4n) is 8.98. The third-order valence-corrected chi connectivity index (χ3v) is 13.7. The van der Waals surface area contributed by atoms with Gasteiger partial charge in [-0.15, -0.1) is 0 Å². The van der Waals surface area contributed by atoms with E-state index in [0.29, 0.717) is 23.9 Å². The van der Waals surface area contributed by atoms with Gasteiger partial charge in [0.05, 0.1) is 40.3 Å². The highest BCUT2D eigenvalue weighted by atomic mass is 16.7. The highest BCUT2D eigenvalue weighted by Gasteiger charge is 2.22. The first-order valence-electron chi connectivity index (χ1n) is 30.5. The molecule has 0 fully saturated rings. The van der Waals surface area contributed by atoms with Crippen molar-refractivity contribution in [3.63, 3.8) is 0 Å². The monoisotopic (exact) mass is 1000 g/mol. The third-order valence-electron chi connectivity index (χ3n) is 13.7. The van der Waals surface area contributed by atoms with E-state index in [2.05, 4.69) is 38.2 Å². The number of nitrogens with zero attached hydrogens (tertiary/aromatic N) is 1. The minimum Gasteiger partial charge on any atom is -0.545 e. The molecule has 418 valence electrons. The molecule has 0 amide bonds. The SMILES string of the molecule is CCCCCC/C=C\C/C=C\CCCCCCCC(=O)OC(COC(=O)CCCCCCCCCCCCCCCCCCCCCCCCCCCCCCCC)COC(OCC[N+](C)(C)C)C(=O)[O-]. The maximum atomic E-state index is 12.8. The summed E-state index contributed by atoms with van der Waals surface area (Å²) >= 11 is 0. The minimum absolute atomic E-state index is 0.147. The Morgan fingerprint density at radius 1 is 0.423 bits per heavy atom. The molecule has 0 aromatic heterocycles. The fourth-order valence-corrected chi connectivity index (χ4v) is 8.98. The lowest BCUT2D eigenvalue weighted by Gasteiger charge is -2.26. The lowest BCUT2D eigenvalue weighted by Crippen LogP contribution is -2.44. The summed E-state index contributed by atoms with van der Waals surface area (Å²) in [6.07, 6.45) is 61.1. The molecular formula is C62H117NO8. The van der Waals surface area contributed by atoms with Gasteiger partial charge >= 0.3 is 11.9 Å². The number of rotatable bonds is 57. The van der Waals surface area contributed by atoms with Crippen LogP contribution in [0.2, 0.25) is 0 Å². The van der Waals surface area contributed by atoms with E-state index in [1.807, 2.05) is 21.1 Å². The third kappa shape index (κ3) is 55.4. The summed E-state index contributed by atoms with van der Waals surface area (Å²) in [5, 5.41) is 11.8. The Hall–Kier alpha value is -2.23. The molecule has 0 aliphatic rings. The van der Waals surface area contributed by atoms with E-state index < -0.39 is 24.3 Å². The molecule has 0 saturated carbocycles. The van der Waals surface area contributed by atoms with Gasteiger partial charge in [0.1, 0.15) is 13.2 Å². The van der Waals surface area contributed by atoms with Gasteiger partial charge < -0.3 is 33.3 Å². The molecule has 0 aliphatic carbocycles. The summed E-state index contributed by atoms with van der Waals surface area (Å²) in [5.74, 6) is -2.28. The summed E-state index contributed by atoms with van der Waals surface area (Å²) in [4.78, 5) is 37.3. The van der Waals surface area contributed by atoms with Crippen molar-refractivity contribution >= 4 is 17.9 Å². The highest BCUT2D eigenvalue weighted by Crippen LogP contribution is 2.18. The molecule has 9 nitrogen and oxygen atoms in total. The Morgan fingerprint density at radius 2 is 0.761 bits per heavy atom. The predicted octanol–water partition coefficient (Wildman–Crippen LogP) is 16.6. The number of carbonyl (C=O) groups excluding carboxylic acids is 3. The summed E-state index contributed by atoms with van der Waals surface area (Å²) in [6.45, 7) is 4.76. The molecule has 0 aromatic rings. The fraction of sp³-hybridized carbons (Fsp3) is 0.887. The molecule has 2 atom stereocenters. The maximum Gasteiger partial charge on any atom is 0.306 e. The van der Waals surface area contributed by atoms with Crippen molar-refractivity contribution in [2.75, 3.05) is 47.5 Å². The van der Waals surface area contributed by atoms with Gasteiger partial charge in [0.2, 0.25) is 0 Å². The van der Waals surface area contributed by atoms with Crippen LogP contribution in [-0.4, -0.2) is 82.3 Å². The molecule has 0 bridgehead atoms. The van der Waals surface area contributed by atoms with E-state index in [1.165, 1.54) is 205 Å². The van der Waals surface area contributed by atoms with E-state index in [9.17, 15) is 19.5 Å². The molecular weight excluding hydrogens is 887 g/mol. The zero-order valence-corrected chi connectivity index (χ0v) is 47.6. The van der Waals surface area contributed by atoms with E-state index in [1.54, 1.807) is 0 Å². The van der Waals surface area contributed by atoms with E-state index in [0.717, 1.165) is 57.8 Å². The van der Waals surface area contributed by atoms with Gasteiger partial charge in [0.15, 0.2) is 12.4 Å². The Labute approximate surface area is 439 Å². The van der Waals surface area contributed by atoms with Crippen molar-refractivity contribution in [3.8, 4) is 0 Å². The number of unbranched alkanes of at least 4 members (excludes halogenated alkanes) is 38. The topological polar surface area (TPSA) is 111 Å². The number of carbonyl (C=O) groups is 3. The first kappa shape index (κ1) is 68.8. The molecule has 0 rings (SSSR count). The number of ether oxygens (including phenoxy) is 4. The van der Waals surface area contributed by atoms with Crippen molar-refractivity contribution in [1.29, 1.82) is 0 Å². The molecule has 0 N–H and O–H groups in total. The van der Waals surface area contributed by atoms with Gasteiger partial charge in [0, 0.05) is 12.8 Å². The van der Waals surface area contributed by atoms with Crippen molar-refractivity contribution in [3.05, 3.63) is 24.3 Å². The molecule has 0 aromatic carbocycles. The lowest BCUT2D eigenvalue weighted by molar-refractivity contribution is -0.870. The molecule has 0 heterocycles. The van der Waals surface area contributed by atoms with E-state index in [-0.39, 0.29) is 32.2 Å². The standard InChI is InChI=1S/C62H117NO8/c1-6-8-10-12-14-16-18-20-22-24-25-26-27-28-29-30-31-32-33-34-35-36-37-39-40-42-44-46-48-50-52-59(64)69-56-58(57-70-62(61(66)67)68-55-54-63(3,4)5)71-60(65)53-51-49-47-45-43-41-38-23-21-19-17-15-13-11-9-7-2/h17,19,23,38,58,62H,6-16,18,20-22,24-37,39-57H2,1-5H3/b19-17-,38-23-. The summed E-state index contributed by atoms with van der Waals surface area (Å²) in [7, 11) is 5.92. The van der Waals surface area contributed by atoms with Gasteiger partial charge in [-0.1, -0.05) is 263 Å². The second kappa shape index (κ2) is 54.0. The number of aliphatic carboxylic acids is 1. The van der Waals surface area contributed by atoms with Crippen LogP contribution in [-0.2, 0) is 33.3 Å². The normalized spacial score (nSPS) is 12.9. The van der Waals surface area contributed by atoms with Crippen LogP contribution < -0.4 is 5.11 Å². The maximum absolute atomic E-state index is 12.8. The first-order valence-corrected chi connectivity index (χ1v) is 30.5. The number of carboxylic acid groups (broad SMARTS) is 1. The zero-order valence-electron chi connectivity index (χ0n) is 47.6. The van der Waals surface area contributed by atoms with E-state index >= 15 is 0 Å². The smallest absolute Gasteiger partial charge is 0.306 e.